The Morgan fingerprint density at radius 2 is 1.84 bits per heavy atom. The third-order valence-electron chi connectivity index (χ3n) is 6.20. The number of ketones is 1. The number of carbonyl (C=O) groups excluding carboxylic acids is 1. The number of carbonyl (C=O) groups is 1. The van der Waals surface area contributed by atoms with E-state index >= 15 is 0 Å². The lowest BCUT2D eigenvalue weighted by Crippen LogP contribution is -2.42. The van der Waals surface area contributed by atoms with Gasteiger partial charge in [0.25, 0.3) is 0 Å². The number of fused-ring (bicyclic) bond motifs is 1. The first kappa shape index (κ1) is 20.5. The zero-order valence-corrected chi connectivity index (χ0v) is 18.6. The monoisotopic (exact) mass is 447 g/mol. The van der Waals surface area contributed by atoms with E-state index in [2.05, 4.69) is 19.9 Å². The number of anilines is 1. The molecule has 0 saturated heterocycles. The minimum atomic E-state index is -0.559. The zero-order valence-electron chi connectivity index (χ0n) is 17.8. The van der Waals surface area contributed by atoms with Crippen molar-refractivity contribution in [3.63, 3.8) is 0 Å². The van der Waals surface area contributed by atoms with Crippen molar-refractivity contribution in [2.24, 2.45) is 11.1 Å². The molecule has 0 fully saturated rings. The van der Waals surface area contributed by atoms with E-state index in [-0.39, 0.29) is 18.0 Å². The molecule has 1 aliphatic carbocycles. The fourth-order valence-electron chi connectivity index (χ4n) is 4.82. The second kappa shape index (κ2) is 7.32. The summed E-state index contributed by atoms with van der Waals surface area (Å²) in [6.45, 7) is 4.30. The Balaban J connectivity index is 1.74. The summed E-state index contributed by atoms with van der Waals surface area (Å²) < 4.78 is 11.0. The number of hydrogen-bond acceptors (Lipinski definition) is 6. The van der Waals surface area contributed by atoms with Gasteiger partial charge in [0.2, 0.25) is 6.79 Å². The van der Waals surface area contributed by atoms with Crippen molar-refractivity contribution in [1.29, 1.82) is 5.26 Å². The van der Waals surface area contributed by atoms with Gasteiger partial charge in [-0.15, -0.1) is 0 Å². The van der Waals surface area contributed by atoms with E-state index in [0.717, 1.165) is 16.9 Å². The lowest BCUT2D eigenvalue weighted by molar-refractivity contribution is -0.118. The Morgan fingerprint density at radius 3 is 2.56 bits per heavy atom. The van der Waals surface area contributed by atoms with Gasteiger partial charge in [-0.25, -0.2) is 0 Å². The fourth-order valence-corrected chi connectivity index (χ4v) is 4.95. The molecule has 0 saturated carbocycles. The van der Waals surface area contributed by atoms with E-state index < -0.39 is 5.92 Å². The largest absolute Gasteiger partial charge is 0.454 e. The summed E-state index contributed by atoms with van der Waals surface area (Å²) in [6, 6.07) is 15.1. The SMILES string of the molecule is CC1(C)CC(=O)C2=C(C1)N(c1ccc(Cl)cc1)C(N)=C(C#N)[C@@H]2c1ccc2c(c1)OCO2. The Bertz CT molecular complexity index is 1240. The molecule has 7 heteroatoms. The molecule has 5 rings (SSSR count). The summed E-state index contributed by atoms with van der Waals surface area (Å²) in [7, 11) is 0. The molecule has 0 bridgehead atoms. The number of nitrogens with two attached hydrogens (primary N) is 1. The number of halogens is 1. The molecule has 3 aliphatic rings. The highest BCUT2D eigenvalue weighted by molar-refractivity contribution is 6.30. The Kier molecular flexibility index (Phi) is 4.68. The molecule has 2 heterocycles. The van der Waals surface area contributed by atoms with Gasteiger partial charge in [0.1, 0.15) is 5.82 Å². The first-order valence-corrected chi connectivity index (χ1v) is 10.8. The molecule has 162 valence electrons. The molecule has 2 N–H and O–H groups in total. The molecule has 0 amide bonds. The molecular weight excluding hydrogens is 426 g/mol. The highest BCUT2D eigenvalue weighted by atomic mass is 35.5. The van der Waals surface area contributed by atoms with Crippen LogP contribution in [0, 0.1) is 16.7 Å². The van der Waals surface area contributed by atoms with Gasteiger partial charge in [-0.2, -0.15) is 5.26 Å². The van der Waals surface area contributed by atoms with E-state index in [1.54, 1.807) is 12.1 Å². The van der Waals surface area contributed by atoms with Gasteiger partial charge >= 0.3 is 0 Å². The molecular formula is C25H22ClN3O3. The van der Waals surface area contributed by atoms with Crippen LogP contribution in [0.25, 0.3) is 0 Å². The normalized spacial score (nSPS) is 21.5. The van der Waals surface area contributed by atoms with Crippen molar-refractivity contribution in [2.45, 2.75) is 32.6 Å². The van der Waals surface area contributed by atoms with Crippen LogP contribution < -0.4 is 20.1 Å². The number of nitrogens with zero attached hydrogens (tertiary/aromatic N) is 2. The second-order valence-electron chi connectivity index (χ2n) is 9.07. The van der Waals surface area contributed by atoms with E-state index in [0.29, 0.717) is 46.3 Å². The quantitative estimate of drug-likeness (QED) is 0.696. The first-order chi connectivity index (χ1) is 15.3. The van der Waals surface area contributed by atoms with Crippen molar-refractivity contribution < 1.29 is 14.3 Å². The lowest BCUT2D eigenvalue weighted by Gasteiger charge is -2.43. The molecule has 2 aromatic carbocycles. The minimum absolute atomic E-state index is 0.0260. The average Bonchev–Trinajstić information content (AvgIpc) is 3.21. The van der Waals surface area contributed by atoms with Crippen LogP contribution in [0.2, 0.25) is 5.02 Å². The van der Waals surface area contributed by atoms with Crippen molar-refractivity contribution in [1.82, 2.24) is 0 Å². The highest BCUT2D eigenvalue weighted by Gasteiger charge is 2.44. The van der Waals surface area contributed by atoms with Crippen LogP contribution in [0.15, 0.2) is 65.1 Å². The van der Waals surface area contributed by atoms with E-state index in [1.165, 1.54) is 0 Å². The molecule has 32 heavy (non-hydrogen) atoms. The number of Topliss-reactive ketones (excluding diaryl/α,β-unsaturated/α-hetero) is 1. The molecule has 2 aliphatic heterocycles. The van der Waals surface area contributed by atoms with Gasteiger partial charge in [0.15, 0.2) is 17.3 Å². The number of rotatable bonds is 2. The van der Waals surface area contributed by atoms with Crippen LogP contribution >= 0.6 is 11.6 Å². The van der Waals surface area contributed by atoms with Gasteiger partial charge < -0.3 is 15.2 Å². The molecule has 0 spiro atoms. The van der Waals surface area contributed by atoms with Gasteiger partial charge in [0.05, 0.1) is 17.6 Å². The van der Waals surface area contributed by atoms with Crippen molar-refractivity contribution >= 4 is 23.1 Å². The maximum atomic E-state index is 13.5. The zero-order chi connectivity index (χ0) is 22.6. The molecule has 0 unspecified atom stereocenters. The van der Waals surface area contributed by atoms with E-state index in [1.807, 2.05) is 35.2 Å². The van der Waals surface area contributed by atoms with Gasteiger partial charge in [-0.05, 0) is 53.8 Å². The molecule has 6 nitrogen and oxygen atoms in total. The summed E-state index contributed by atoms with van der Waals surface area (Å²) >= 11 is 6.10. The van der Waals surface area contributed by atoms with Crippen molar-refractivity contribution in [2.75, 3.05) is 11.7 Å². The lowest BCUT2D eigenvalue weighted by atomic mass is 9.68. The number of hydrogen-bond donors (Lipinski definition) is 1. The molecule has 0 radical (unpaired) electrons. The van der Waals surface area contributed by atoms with Crippen LogP contribution in [0.3, 0.4) is 0 Å². The number of nitriles is 1. The van der Waals surface area contributed by atoms with Gasteiger partial charge in [-0.3, -0.25) is 9.69 Å². The predicted molar refractivity (Wildman–Crippen MR) is 121 cm³/mol. The second-order valence-corrected chi connectivity index (χ2v) is 9.51. The summed E-state index contributed by atoms with van der Waals surface area (Å²) in [6.07, 6.45) is 1.05. The summed E-state index contributed by atoms with van der Waals surface area (Å²) in [5.41, 5.74) is 9.73. The van der Waals surface area contributed by atoms with E-state index in [4.69, 9.17) is 26.8 Å². The molecule has 0 aromatic heterocycles. The van der Waals surface area contributed by atoms with Crippen molar-refractivity contribution in [3.05, 3.63) is 75.7 Å². The van der Waals surface area contributed by atoms with Crippen LogP contribution in [0.5, 0.6) is 11.5 Å². The highest BCUT2D eigenvalue weighted by Crippen LogP contribution is 2.51. The number of allylic oxidation sites excluding steroid dienone is 3. The number of benzene rings is 2. The van der Waals surface area contributed by atoms with Gasteiger partial charge in [-0.1, -0.05) is 31.5 Å². The molecule has 2 aromatic rings. The van der Waals surface area contributed by atoms with E-state index in [9.17, 15) is 10.1 Å². The van der Waals surface area contributed by atoms with Gasteiger partial charge in [0, 0.05) is 28.4 Å². The van der Waals surface area contributed by atoms with Crippen LogP contribution in [-0.4, -0.2) is 12.6 Å². The fraction of sp³-hybridized carbons (Fsp3) is 0.280. The average molecular weight is 448 g/mol. The van der Waals surface area contributed by atoms with Crippen LogP contribution in [-0.2, 0) is 4.79 Å². The maximum Gasteiger partial charge on any atom is 0.231 e. The smallest absolute Gasteiger partial charge is 0.231 e. The maximum absolute atomic E-state index is 13.5. The Hall–Kier alpha value is -3.43. The third kappa shape index (κ3) is 3.21. The summed E-state index contributed by atoms with van der Waals surface area (Å²) in [5.74, 6) is 1.04. The third-order valence-corrected chi connectivity index (χ3v) is 6.45. The standard InChI is InChI=1S/C25H22ClN3O3/c1-25(2)10-18-23(19(30)11-25)22(14-3-8-20-21(9-14)32-13-31-20)17(12-27)24(28)29(18)16-6-4-15(26)5-7-16/h3-9,22H,10-11,13,28H2,1-2H3/t22-/m0/s1. The summed E-state index contributed by atoms with van der Waals surface area (Å²) in [4.78, 5) is 15.4. The van der Waals surface area contributed by atoms with Crippen molar-refractivity contribution in [3.8, 4) is 17.6 Å². The summed E-state index contributed by atoms with van der Waals surface area (Å²) in [5, 5.41) is 10.7. The number of ether oxygens (including phenoxy) is 2. The van der Waals surface area contributed by atoms with Crippen LogP contribution in [0.1, 0.15) is 38.2 Å². The molecule has 1 atom stereocenters. The Morgan fingerprint density at radius 1 is 1.12 bits per heavy atom. The van der Waals surface area contributed by atoms with Crippen LogP contribution in [0.4, 0.5) is 5.69 Å². The first-order valence-electron chi connectivity index (χ1n) is 10.4. The minimum Gasteiger partial charge on any atom is -0.454 e. The Labute approximate surface area is 191 Å². The predicted octanol–water partition coefficient (Wildman–Crippen LogP) is 5.01. The topological polar surface area (TPSA) is 88.6 Å².